The summed E-state index contributed by atoms with van der Waals surface area (Å²) < 4.78 is 10.6. The fourth-order valence-electron chi connectivity index (χ4n) is 1.74. The summed E-state index contributed by atoms with van der Waals surface area (Å²) >= 11 is 0. The molecule has 0 fully saturated rings. The Morgan fingerprint density at radius 2 is 2.05 bits per heavy atom. The number of carbonyl (C=O) groups excluding carboxylic acids is 1. The van der Waals surface area contributed by atoms with E-state index in [0.717, 1.165) is 16.9 Å². The molecule has 0 saturated heterocycles. The second-order valence-electron chi connectivity index (χ2n) is 5.06. The van der Waals surface area contributed by atoms with E-state index in [1.807, 2.05) is 39.0 Å². The smallest absolute Gasteiger partial charge is 0.239 e. The standard InChI is InChI=1S/C15H24N2O3.ClH/c1-10(2)20-14-7-11(3)5-6-12(14)8-17-15(18)13(16)9-19-4;/h5-7,10,13H,8-9,16H2,1-4H3,(H,17,18);1H. The van der Waals surface area contributed by atoms with E-state index >= 15 is 0 Å². The van der Waals surface area contributed by atoms with Crippen LogP contribution >= 0.6 is 12.4 Å². The van der Waals surface area contributed by atoms with Crippen molar-refractivity contribution < 1.29 is 14.3 Å². The van der Waals surface area contributed by atoms with Crippen molar-refractivity contribution in [3.05, 3.63) is 29.3 Å². The molecule has 1 atom stereocenters. The summed E-state index contributed by atoms with van der Waals surface area (Å²) in [5.41, 5.74) is 7.72. The van der Waals surface area contributed by atoms with Gasteiger partial charge < -0.3 is 20.5 Å². The number of ether oxygens (including phenoxy) is 2. The Hall–Kier alpha value is -1.30. The molecule has 1 unspecified atom stereocenters. The van der Waals surface area contributed by atoms with Crippen LogP contribution in [-0.2, 0) is 16.1 Å². The van der Waals surface area contributed by atoms with Crippen molar-refractivity contribution in [3.63, 3.8) is 0 Å². The van der Waals surface area contributed by atoms with E-state index in [-0.39, 0.29) is 31.0 Å². The molecule has 0 saturated carbocycles. The van der Waals surface area contributed by atoms with Crippen LogP contribution < -0.4 is 15.8 Å². The average molecular weight is 317 g/mol. The number of carbonyl (C=O) groups is 1. The Bertz CT molecular complexity index is 453. The summed E-state index contributed by atoms with van der Waals surface area (Å²) in [5, 5.41) is 2.79. The second-order valence-corrected chi connectivity index (χ2v) is 5.06. The molecule has 0 aliphatic rings. The zero-order chi connectivity index (χ0) is 15.1. The highest BCUT2D eigenvalue weighted by Crippen LogP contribution is 2.21. The molecule has 1 amide bonds. The maximum Gasteiger partial charge on any atom is 0.239 e. The summed E-state index contributed by atoms with van der Waals surface area (Å²) in [6.07, 6.45) is 0.0852. The topological polar surface area (TPSA) is 73.6 Å². The third kappa shape index (κ3) is 6.80. The van der Waals surface area contributed by atoms with Gasteiger partial charge in [0.15, 0.2) is 0 Å². The molecule has 1 aromatic carbocycles. The van der Waals surface area contributed by atoms with Crippen LogP contribution in [0, 0.1) is 6.92 Å². The molecule has 0 aliphatic heterocycles. The minimum absolute atomic E-state index is 0. The Balaban J connectivity index is 0.00000400. The van der Waals surface area contributed by atoms with Crippen molar-refractivity contribution in [1.82, 2.24) is 5.32 Å². The van der Waals surface area contributed by atoms with Crippen molar-refractivity contribution >= 4 is 18.3 Å². The van der Waals surface area contributed by atoms with Gasteiger partial charge in [-0.1, -0.05) is 12.1 Å². The van der Waals surface area contributed by atoms with Gasteiger partial charge in [0.05, 0.1) is 12.7 Å². The Kier molecular flexibility index (Phi) is 9.01. The van der Waals surface area contributed by atoms with Gasteiger partial charge in [0, 0.05) is 19.2 Å². The summed E-state index contributed by atoms with van der Waals surface area (Å²) in [4.78, 5) is 11.7. The fourth-order valence-corrected chi connectivity index (χ4v) is 1.74. The summed E-state index contributed by atoms with van der Waals surface area (Å²) in [7, 11) is 1.52. The van der Waals surface area contributed by atoms with Crippen LogP contribution in [-0.4, -0.2) is 31.8 Å². The molecule has 1 aromatic rings. The summed E-state index contributed by atoms with van der Waals surface area (Å²) in [6, 6.07) is 5.26. The van der Waals surface area contributed by atoms with Gasteiger partial charge in [0.1, 0.15) is 11.8 Å². The zero-order valence-corrected chi connectivity index (χ0v) is 13.8. The van der Waals surface area contributed by atoms with Crippen LogP contribution in [0.5, 0.6) is 5.75 Å². The first-order valence-electron chi connectivity index (χ1n) is 6.72. The van der Waals surface area contributed by atoms with Gasteiger partial charge >= 0.3 is 0 Å². The molecule has 0 radical (unpaired) electrons. The number of nitrogens with two attached hydrogens (primary N) is 1. The molecule has 6 heteroatoms. The number of benzene rings is 1. The Morgan fingerprint density at radius 1 is 1.38 bits per heavy atom. The normalized spacial score (nSPS) is 11.7. The highest BCUT2D eigenvalue weighted by Gasteiger charge is 2.14. The van der Waals surface area contributed by atoms with E-state index < -0.39 is 6.04 Å². The highest BCUT2D eigenvalue weighted by atomic mass is 35.5. The van der Waals surface area contributed by atoms with Crippen LogP contribution in [0.2, 0.25) is 0 Å². The number of nitrogens with one attached hydrogen (secondary N) is 1. The third-order valence-electron chi connectivity index (χ3n) is 2.72. The first-order valence-corrected chi connectivity index (χ1v) is 6.72. The minimum atomic E-state index is -0.653. The third-order valence-corrected chi connectivity index (χ3v) is 2.72. The second kappa shape index (κ2) is 9.60. The maximum absolute atomic E-state index is 11.7. The number of hydrogen-bond donors (Lipinski definition) is 2. The summed E-state index contributed by atoms with van der Waals surface area (Å²) in [5.74, 6) is 0.559. The van der Waals surface area contributed by atoms with Crippen molar-refractivity contribution in [2.75, 3.05) is 13.7 Å². The molecule has 0 spiro atoms. The molecule has 0 bridgehead atoms. The number of aryl methyl sites for hydroxylation is 1. The number of methoxy groups -OCH3 is 1. The van der Waals surface area contributed by atoms with Crippen LogP contribution in [0.4, 0.5) is 0 Å². The number of rotatable bonds is 7. The molecule has 3 N–H and O–H groups in total. The lowest BCUT2D eigenvalue weighted by atomic mass is 10.1. The first kappa shape index (κ1) is 19.7. The van der Waals surface area contributed by atoms with Crippen LogP contribution in [0.15, 0.2) is 18.2 Å². The molecule has 120 valence electrons. The zero-order valence-electron chi connectivity index (χ0n) is 13.0. The predicted molar refractivity (Wildman–Crippen MR) is 85.9 cm³/mol. The maximum atomic E-state index is 11.7. The van der Waals surface area contributed by atoms with E-state index in [1.54, 1.807) is 0 Å². The van der Waals surface area contributed by atoms with E-state index in [9.17, 15) is 4.79 Å². The Morgan fingerprint density at radius 3 is 2.62 bits per heavy atom. The number of hydrogen-bond acceptors (Lipinski definition) is 4. The Labute approximate surface area is 132 Å². The minimum Gasteiger partial charge on any atom is -0.491 e. The van der Waals surface area contributed by atoms with E-state index in [0.29, 0.717) is 6.54 Å². The van der Waals surface area contributed by atoms with Gasteiger partial charge in [-0.05, 0) is 32.4 Å². The largest absolute Gasteiger partial charge is 0.491 e. The highest BCUT2D eigenvalue weighted by molar-refractivity contribution is 5.85. The average Bonchev–Trinajstić information content (AvgIpc) is 2.37. The molecule has 21 heavy (non-hydrogen) atoms. The lowest BCUT2D eigenvalue weighted by molar-refractivity contribution is -0.123. The lowest BCUT2D eigenvalue weighted by Crippen LogP contribution is -2.43. The van der Waals surface area contributed by atoms with Crippen molar-refractivity contribution in [3.8, 4) is 5.75 Å². The van der Waals surface area contributed by atoms with Crippen molar-refractivity contribution in [2.45, 2.75) is 39.5 Å². The monoisotopic (exact) mass is 316 g/mol. The van der Waals surface area contributed by atoms with Gasteiger partial charge in [0.25, 0.3) is 0 Å². The quantitative estimate of drug-likeness (QED) is 0.804. The first-order chi connectivity index (χ1) is 9.43. The lowest BCUT2D eigenvalue weighted by Gasteiger charge is -2.16. The molecule has 0 aliphatic carbocycles. The number of amides is 1. The van der Waals surface area contributed by atoms with Gasteiger partial charge in [0.2, 0.25) is 5.91 Å². The molecular formula is C15H25ClN2O3. The summed E-state index contributed by atoms with van der Waals surface area (Å²) in [6.45, 7) is 6.54. The van der Waals surface area contributed by atoms with Gasteiger partial charge in [-0.2, -0.15) is 0 Å². The van der Waals surface area contributed by atoms with Gasteiger partial charge in [-0.25, -0.2) is 0 Å². The van der Waals surface area contributed by atoms with Crippen LogP contribution in [0.3, 0.4) is 0 Å². The van der Waals surface area contributed by atoms with E-state index in [4.69, 9.17) is 15.2 Å². The van der Waals surface area contributed by atoms with Crippen molar-refractivity contribution in [2.24, 2.45) is 5.73 Å². The SMILES string of the molecule is COCC(N)C(=O)NCc1ccc(C)cc1OC(C)C.Cl. The fraction of sp³-hybridized carbons (Fsp3) is 0.533. The molecular weight excluding hydrogens is 292 g/mol. The van der Waals surface area contributed by atoms with Gasteiger partial charge in [-0.3, -0.25) is 4.79 Å². The predicted octanol–water partition coefficient (Wildman–Crippen LogP) is 1.79. The number of halogens is 1. The van der Waals surface area contributed by atoms with E-state index in [1.165, 1.54) is 7.11 Å². The molecule has 5 nitrogen and oxygen atoms in total. The van der Waals surface area contributed by atoms with E-state index in [2.05, 4.69) is 5.32 Å². The van der Waals surface area contributed by atoms with Gasteiger partial charge in [-0.15, -0.1) is 12.4 Å². The molecule has 0 aromatic heterocycles. The molecule has 1 rings (SSSR count). The van der Waals surface area contributed by atoms with Crippen molar-refractivity contribution in [1.29, 1.82) is 0 Å². The van der Waals surface area contributed by atoms with Crippen LogP contribution in [0.1, 0.15) is 25.0 Å². The molecule has 0 heterocycles. The van der Waals surface area contributed by atoms with Crippen LogP contribution in [0.25, 0.3) is 0 Å².